The summed E-state index contributed by atoms with van der Waals surface area (Å²) in [6.45, 7) is 0.564. The van der Waals surface area contributed by atoms with Crippen molar-refractivity contribution in [3.8, 4) is 0 Å². The lowest BCUT2D eigenvalue weighted by Gasteiger charge is -2.26. The zero-order chi connectivity index (χ0) is 10.7. The van der Waals surface area contributed by atoms with Crippen LogP contribution < -0.4 is 11.5 Å². The molecule has 1 saturated carbocycles. The summed E-state index contributed by atoms with van der Waals surface area (Å²) in [5, 5.41) is 3.65. The molecule has 0 aliphatic heterocycles. The van der Waals surface area contributed by atoms with E-state index in [1.807, 2.05) is 0 Å². The van der Waals surface area contributed by atoms with E-state index in [1.165, 1.54) is 25.7 Å². The smallest absolute Gasteiger partial charge is 0.260 e. The number of hydrogen-bond acceptors (Lipinski definition) is 5. The Balaban J connectivity index is 2.26. The third-order valence-electron chi connectivity index (χ3n) is 3.35. The van der Waals surface area contributed by atoms with Gasteiger partial charge >= 0.3 is 0 Å². The first-order valence-corrected chi connectivity index (χ1v) is 5.57. The summed E-state index contributed by atoms with van der Waals surface area (Å²) >= 11 is 0. The molecule has 15 heavy (non-hydrogen) atoms. The van der Waals surface area contributed by atoms with Gasteiger partial charge in [0.25, 0.3) is 5.95 Å². The van der Waals surface area contributed by atoms with Gasteiger partial charge in [-0.25, -0.2) is 0 Å². The van der Waals surface area contributed by atoms with Crippen LogP contribution in [-0.2, 0) is 5.41 Å². The molecule has 0 radical (unpaired) electrons. The van der Waals surface area contributed by atoms with Gasteiger partial charge in [0.15, 0.2) is 0 Å². The Labute approximate surface area is 89.2 Å². The van der Waals surface area contributed by atoms with Gasteiger partial charge in [-0.3, -0.25) is 0 Å². The summed E-state index contributed by atoms with van der Waals surface area (Å²) in [6, 6.07) is 0. The second-order valence-corrected chi connectivity index (χ2v) is 4.36. The molecular formula is C10H18N4O. The van der Waals surface area contributed by atoms with Crippen molar-refractivity contribution in [3.63, 3.8) is 0 Å². The van der Waals surface area contributed by atoms with Crippen molar-refractivity contribution in [2.75, 3.05) is 12.3 Å². The highest BCUT2D eigenvalue weighted by molar-refractivity contribution is 5.16. The minimum Gasteiger partial charge on any atom is -0.365 e. The Morgan fingerprint density at radius 1 is 1.20 bits per heavy atom. The topological polar surface area (TPSA) is 91.0 Å². The summed E-state index contributed by atoms with van der Waals surface area (Å²) in [5.41, 5.74) is 11.2. The maximum atomic E-state index is 5.88. The molecule has 0 saturated heterocycles. The van der Waals surface area contributed by atoms with Crippen LogP contribution in [0.25, 0.3) is 0 Å². The monoisotopic (exact) mass is 210 g/mol. The van der Waals surface area contributed by atoms with Crippen molar-refractivity contribution < 1.29 is 4.52 Å². The van der Waals surface area contributed by atoms with Crippen LogP contribution >= 0.6 is 0 Å². The number of nitrogens with two attached hydrogens (primary N) is 2. The normalized spacial score (nSPS) is 21.1. The SMILES string of the molecule is NCC1(c2nc(N)no2)CCCCCC1. The molecule has 0 spiro atoms. The zero-order valence-electron chi connectivity index (χ0n) is 8.91. The second kappa shape index (κ2) is 4.18. The molecule has 5 heteroatoms. The molecular weight excluding hydrogens is 192 g/mol. The highest BCUT2D eigenvalue weighted by atomic mass is 16.5. The zero-order valence-corrected chi connectivity index (χ0v) is 8.91. The van der Waals surface area contributed by atoms with Crippen molar-refractivity contribution in [2.24, 2.45) is 5.73 Å². The third kappa shape index (κ3) is 1.97. The molecule has 0 aromatic carbocycles. The number of anilines is 1. The molecule has 1 heterocycles. The third-order valence-corrected chi connectivity index (χ3v) is 3.35. The quantitative estimate of drug-likeness (QED) is 0.716. The molecule has 0 unspecified atom stereocenters. The van der Waals surface area contributed by atoms with Crippen molar-refractivity contribution >= 4 is 5.95 Å². The lowest BCUT2D eigenvalue weighted by molar-refractivity contribution is 0.257. The van der Waals surface area contributed by atoms with Crippen LogP contribution in [0.1, 0.15) is 44.4 Å². The molecule has 1 aromatic heterocycles. The molecule has 0 bridgehead atoms. The van der Waals surface area contributed by atoms with E-state index in [2.05, 4.69) is 10.1 Å². The summed E-state index contributed by atoms with van der Waals surface area (Å²) < 4.78 is 5.19. The van der Waals surface area contributed by atoms with Gasteiger partial charge in [-0.2, -0.15) is 4.98 Å². The Morgan fingerprint density at radius 3 is 2.33 bits per heavy atom. The average Bonchev–Trinajstić information content (AvgIpc) is 2.56. The van der Waals surface area contributed by atoms with Gasteiger partial charge < -0.3 is 16.0 Å². The van der Waals surface area contributed by atoms with Gasteiger partial charge in [0.2, 0.25) is 5.89 Å². The summed E-state index contributed by atoms with van der Waals surface area (Å²) in [7, 11) is 0. The van der Waals surface area contributed by atoms with Gasteiger partial charge in [-0.1, -0.05) is 25.7 Å². The number of nitrogen functional groups attached to an aromatic ring is 1. The lowest BCUT2D eigenvalue weighted by Crippen LogP contribution is -2.35. The van der Waals surface area contributed by atoms with Gasteiger partial charge in [0.1, 0.15) is 0 Å². The van der Waals surface area contributed by atoms with Gasteiger partial charge in [0.05, 0.1) is 5.41 Å². The standard InChI is InChI=1S/C10H18N4O/c11-7-10(5-3-1-2-4-6-10)8-13-9(12)14-15-8/h1-7,11H2,(H2,12,14). The predicted molar refractivity (Wildman–Crippen MR) is 57.1 cm³/mol. The first kappa shape index (κ1) is 10.4. The lowest BCUT2D eigenvalue weighted by atomic mass is 9.80. The largest absolute Gasteiger partial charge is 0.365 e. The van der Waals surface area contributed by atoms with Crippen molar-refractivity contribution in [2.45, 2.75) is 43.9 Å². The van der Waals surface area contributed by atoms with Crippen molar-refractivity contribution in [1.82, 2.24) is 10.1 Å². The molecule has 0 atom stereocenters. The van der Waals surface area contributed by atoms with E-state index in [0.717, 1.165) is 12.8 Å². The Kier molecular flexibility index (Phi) is 2.90. The van der Waals surface area contributed by atoms with E-state index >= 15 is 0 Å². The maximum absolute atomic E-state index is 5.88. The van der Waals surface area contributed by atoms with Gasteiger partial charge in [0, 0.05) is 6.54 Å². The Morgan fingerprint density at radius 2 is 1.87 bits per heavy atom. The highest BCUT2D eigenvalue weighted by Gasteiger charge is 2.36. The van der Waals surface area contributed by atoms with Crippen LogP contribution in [0.15, 0.2) is 4.52 Å². The molecule has 1 aliphatic carbocycles. The first-order valence-electron chi connectivity index (χ1n) is 5.57. The molecule has 2 rings (SSSR count). The van der Waals surface area contributed by atoms with Gasteiger partial charge in [-0.05, 0) is 18.0 Å². The van der Waals surface area contributed by atoms with Crippen molar-refractivity contribution in [1.29, 1.82) is 0 Å². The summed E-state index contributed by atoms with van der Waals surface area (Å²) in [6.07, 6.45) is 6.96. The molecule has 1 aliphatic rings. The van der Waals surface area contributed by atoms with E-state index in [-0.39, 0.29) is 11.4 Å². The van der Waals surface area contributed by atoms with Crippen molar-refractivity contribution in [3.05, 3.63) is 5.89 Å². The fourth-order valence-corrected chi connectivity index (χ4v) is 2.36. The van der Waals surface area contributed by atoms with Crippen LogP contribution in [0.2, 0.25) is 0 Å². The number of hydrogen-bond donors (Lipinski definition) is 2. The molecule has 4 N–H and O–H groups in total. The molecule has 1 fully saturated rings. The summed E-state index contributed by atoms with van der Waals surface area (Å²) in [5.74, 6) is 0.839. The Bertz CT molecular complexity index is 315. The highest BCUT2D eigenvalue weighted by Crippen LogP contribution is 2.36. The van der Waals surface area contributed by atoms with E-state index in [9.17, 15) is 0 Å². The minimum atomic E-state index is -0.124. The molecule has 5 nitrogen and oxygen atoms in total. The van der Waals surface area contributed by atoms with Crippen LogP contribution in [-0.4, -0.2) is 16.7 Å². The number of rotatable bonds is 2. The summed E-state index contributed by atoms with van der Waals surface area (Å²) in [4.78, 5) is 4.14. The van der Waals surface area contributed by atoms with Crippen LogP contribution in [0.4, 0.5) is 5.95 Å². The van der Waals surface area contributed by atoms with E-state index in [1.54, 1.807) is 0 Å². The predicted octanol–water partition coefficient (Wildman–Crippen LogP) is 1.20. The fraction of sp³-hybridized carbons (Fsp3) is 0.800. The van der Waals surface area contributed by atoms with Crippen LogP contribution in [0, 0.1) is 0 Å². The number of nitrogens with zero attached hydrogens (tertiary/aromatic N) is 2. The number of aromatic nitrogens is 2. The van der Waals surface area contributed by atoms with Gasteiger partial charge in [-0.15, -0.1) is 0 Å². The maximum Gasteiger partial charge on any atom is 0.260 e. The average molecular weight is 210 g/mol. The van der Waals surface area contributed by atoms with E-state index in [4.69, 9.17) is 16.0 Å². The second-order valence-electron chi connectivity index (χ2n) is 4.36. The minimum absolute atomic E-state index is 0.124. The van der Waals surface area contributed by atoms with Crippen LogP contribution in [0.5, 0.6) is 0 Å². The Hall–Kier alpha value is -1.10. The molecule has 0 amide bonds. The fourth-order valence-electron chi connectivity index (χ4n) is 2.36. The molecule has 84 valence electrons. The van der Waals surface area contributed by atoms with E-state index in [0.29, 0.717) is 12.4 Å². The van der Waals surface area contributed by atoms with E-state index < -0.39 is 0 Å². The first-order chi connectivity index (χ1) is 7.27. The van der Waals surface area contributed by atoms with Crippen LogP contribution in [0.3, 0.4) is 0 Å². The molecule has 1 aromatic rings.